The van der Waals surface area contributed by atoms with Gasteiger partial charge >= 0.3 is 0 Å². The lowest BCUT2D eigenvalue weighted by Gasteiger charge is -2.11. The Kier molecular flexibility index (Phi) is 2.28. The number of nitrogens with zero attached hydrogens (tertiary/aromatic N) is 3. The maximum atomic E-state index is 5.51. The third-order valence-corrected chi connectivity index (χ3v) is 1.96. The maximum absolute atomic E-state index is 5.51. The average Bonchev–Trinajstić information content (AvgIpc) is 2.66. The summed E-state index contributed by atoms with van der Waals surface area (Å²) in [5.74, 6) is 0.741. The van der Waals surface area contributed by atoms with E-state index in [9.17, 15) is 0 Å². The van der Waals surface area contributed by atoms with Crippen LogP contribution in [-0.4, -0.2) is 32.5 Å². The smallest absolute Gasteiger partial charge is 0.182 e. The van der Waals surface area contributed by atoms with Crippen molar-refractivity contribution in [3.05, 3.63) is 12.7 Å². The van der Waals surface area contributed by atoms with E-state index in [1.807, 2.05) is 6.92 Å². The van der Waals surface area contributed by atoms with Gasteiger partial charge in [0, 0.05) is 12.6 Å². The fraction of sp³-hybridized carbons (Fsp3) is 0.375. The van der Waals surface area contributed by atoms with Crippen molar-refractivity contribution >= 4 is 17.0 Å². The normalized spacial score (nSPS) is 13.0. The summed E-state index contributed by atoms with van der Waals surface area (Å²) in [4.78, 5) is 15.1. The van der Waals surface area contributed by atoms with Crippen molar-refractivity contribution in [2.45, 2.75) is 13.0 Å². The molecule has 0 aliphatic rings. The van der Waals surface area contributed by atoms with Crippen molar-refractivity contribution in [3.8, 4) is 0 Å². The summed E-state index contributed by atoms with van der Waals surface area (Å²) in [6.45, 7) is 2.55. The molecule has 6 heteroatoms. The lowest BCUT2D eigenvalue weighted by molar-refractivity contribution is 0.799. The van der Waals surface area contributed by atoms with Crippen LogP contribution >= 0.6 is 0 Å². The van der Waals surface area contributed by atoms with Crippen molar-refractivity contribution in [3.63, 3.8) is 0 Å². The first kappa shape index (κ1) is 8.89. The molecule has 0 spiro atoms. The average molecular weight is 192 g/mol. The second-order valence-electron chi connectivity index (χ2n) is 3.10. The van der Waals surface area contributed by atoms with Gasteiger partial charge in [-0.15, -0.1) is 0 Å². The summed E-state index contributed by atoms with van der Waals surface area (Å²) in [6, 6.07) is 0.177. The predicted molar refractivity (Wildman–Crippen MR) is 53.8 cm³/mol. The number of aromatic amines is 1. The molecule has 0 amide bonds. The second-order valence-corrected chi connectivity index (χ2v) is 3.10. The minimum absolute atomic E-state index is 0.177. The van der Waals surface area contributed by atoms with E-state index < -0.39 is 0 Å². The van der Waals surface area contributed by atoms with E-state index in [4.69, 9.17) is 5.73 Å². The van der Waals surface area contributed by atoms with Gasteiger partial charge in [-0.25, -0.2) is 15.0 Å². The zero-order chi connectivity index (χ0) is 9.97. The van der Waals surface area contributed by atoms with Gasteiger partial charge in [-0.1, -0.05) is 0 Å². The number of imidazole rings is 1. The van der Waals surface area contributed by atoms with Gasteiger partial charge in [0.15, 0.2) is 11.5 Å². The van der Waals surface area contributed by atoms with Crippen molar-refractivity contribution in [1.82, 2.24) is 19.9 Å². The van der Waals surface area contributed by atoms with E-state index in [-0.39, 0.29) is 6.04 Å². The molecule has 1 atom stereocenters. The molecule has 2 heterocycles. The molecule has 2 aromatic rings. The number of nitrogens with one attached hydrogen (secondary N) is 2. The van der Waals surface area contributed by atoms with Crippen LogP contribution in [0.15, 0.2) is 12.7 Å². The predicted octanol–water partition coefficient (Wildman–Crippen LogP) is 0.112. The first-order chi connectivity index (χ1) is 6.81. The zero-order valence-electron chi connectivity index (χ0n) is 7.86. The third kappa shape index (κ3) is 1.51. The first-order valence-corrected chi connectivity index (χ1v) is 4.42. The Morgan fingerprint density at radius 3 is 3.14 bits per heavy atom. The Bertz CT molecular complexity index is 422. The molecular weight excluding hydrogens is 180 g/mol. The number of H-pyrrole nitrogens is 1. The molecule has 0 bridgehead atoms. The zero-order valence-corrected chi connectivity index (χ0v) is 7.86. The molecule has 6 nitrogen and oxygen atoms in total. The van der Waals surface area contributed by atoms with E-state index in [0.29, 0.717) is 12.2 Å². The van der Waals surface area contributed by atoms with Crippen LogP contribution in [0.3, 0.4) is 0 Å². The number of hydrogen-bond acceptors (Lipinski definition) is 5. The van der Waals surface area contributed by atoms with Crippen molar-refractivity contribution in [1.29, 1.82) is 0 Å². The summed E-state index contributed by atoms with van der Waals surface area (Å²) in [5.41, 5.74) is 6.98. The monoisotopic (exact) mass is 192 g/mol. The Balaban J connectivity index is 2.36. The Morgan fingerprint density at radius 2 is 2.36 bits per heavy atom. The van der Waals surface area contributed by atoms with Gasteiger partial charge in [-0.05, 0) is 6.92 Å². The quantitative estimate of drug-likeness (QED) is 0.642. The van der Waals surface area contributed by atoms with Gasteiger partial charge in [0.05, 0.1) is 6.33 Å². The third-order valence-electron chi connectivity index (χ3n) is 1.96. The van der Waals surface area contributed by atoms with E-state index in [2.05, 4.69) is 25.3 Å². The van der Waals surface area contributed by atoms with Gasteiger partial charge in [-0.2, -0.15) is 0 Å². The highest BCUT2D eigenvalue weighted by Gasteiger charge is 2.07. The number of aromatic nitrogens is 4. The van der Waals surface area contributed by atoms with Crippen LogP contribution in [0.25, 0.3) is 11.2 Å². The molecule has 74 valence electrons. The molecule has 0 fully saturated rings. The minimum atomic E-state index is 0.177. The van der Waals surface area contributed by atoms with E-state index in [1.54, 1.807) is 6.33 Å². The van der Waals surface area contributed by atoms with Gasteiger partial charge in [-0.3, -0.25) is 0 Å². The molecule has 0 radical (unpaired) electrons. The van der Waals surface area contributed by atoms with Crippen molar-refractivity contribution in [2.75, 3.05) is 11.9 Å². The molecule has 4 N–H and O–H groups in total. The van der Waals surface area contributed by atoms with Crippen LogP contribution in [0.1, 0.15) is 6.92 Å². The summed E-state index contributed by atoms with van der Waals surface area (Å²) >= 11 is 0. The van der Waals surface area contributed by atoms with Crippen LogP contribution in [0.4, 0.5) is 5.82 Å². The summed E-state index contributed by atoms with van der Waals surface area (Å²) in [6.07, 6.45) is 3.08. The Hall–Kier alpha value is -1.69. The largest absolute Gasteiger partial charge is 0.364 e. The number of rotatable bonds is 3. The van der Waals surface area contributed by atoms with E-state index >= 15 is 0 Å². The molecule has 0 aromatic carbocycles. The number of anilines is 1. The second kappa shape index (κ2) is 3.59. The molecule has 0 aliphatic carbocycles. The van der Waals surface area contributed by atoms with E-state index in [0.717, 1.165) is 11.3 Å². The molecule has 0 saturated carbocycles. The number of fused-ring (bicyclic) bond motifs is 1. The molecular formula is C8H12N6. The van der Waals surface area contributed by atoms with Gasteiger partial charge < -0.3 is 16.0 Å². The van der Waals surface area contributed by atoms with Crippen LogP contribution < -0.4 is 11.1 Å². The lowest BCUT2D eigenvalue weighted by Crippen LogP contribution is -2.25. The topological polar surface area (TPSA) is 92.5 Å². The molecule has 0 aliphatic heterocycles. The van der Waals surface area contributed by atoms with Crippen LogP contribution in [0, 0.1) is 0 Å². The lowest BCUT2D eigenvalue weighted by atomic mass is 10.3. The molecule has 1 unspecified atom stereocenters. The van der Waals surface area contributed by atoms with Gasteiger partial charge in [0.1, 0.15) is 11.8 Å². The Labute approximate surface area is 81.0 Å². The fourth-order valence-corrected chi connectivity index (χ4v) is 1.17. The molecule has 14 heavy (non-hydrogen) atoms. The summed E-state index contributed by atoms with van der Waals surface area (Å²) in [7, 11) is 0. The van der Waals surface area contributed by atoms with Gasteiger partial charge in [0.2, 0.25) is 0 Å². The van der Waals surface area contributed by atoms with Crippen molar-refractivity contribution < 1.29 is 0 Å². The highest BCUT2D eigenvalue weighted by Crippen LogP contribution is 2.14. The van der Waals surface area contributed by atoms with Crippen molar-refractivity contribution in [2.24, 2.45) is 5.73 Å². The highest BCUT2D eigenvalue weighted by atomic mass is 15.1. The summed E-state index contributed by atoms with van der Waals surface area (Å²) < 4.78 is 0. The number of hydrogen-bond donors (Lipinski definition) is 3. The van der Waals surface area contributed by atoms with E-state index in [1.165, 1.54) is 6.33 Å². The SMILES string of the molecule is CC(CN)Nc1ncnc2nc[nH]c12. The maximum Gasteiger partial charge on any atom is 0.182 e. The molecule has 2 aromatic heterocycles. The van der Waals surface area contributed by atoms with Crippen LogP contribution in [-0.2, 0) is 0 Å². The summed E-state index contributed by atoms with van der Waals surface area (Å²) in [5, 5.41) is 3.17. The molecule has 2 rings (SSSR count). The first-order valence-electron chi connectivity index (χ1n) is 4.42. The standard InChI is InChI=1S/C8H12N6/c1-5(2-9)14-8-6-7(11-3-10-6)12-4-13-8/h3-5H,2,9H2,1H3,(H2,10,11,12,13,14). The fourth-order valence-electron chi connectivity index (χ4n) is 1.17. The van der Waals surface area contributed by atoms with Crippen LogP contribution in [0.5, 0.6) is 0 Å². The van der Waals surface area contributed by atoms with Crippen LogP contribution in [0.2, 0.25) is 0 Å². The highest BCUT2D eigenvalue weighted by molar-refractivity contribution is 5.81. The number of nitrogens with two attached hydrogens (primary N) is 1. The Morgan fingerprint density at radius 1 is 1.50 bits per heavy atom. The molecule has 0 saturated heterocycles. The van der Waals surface area contributed by atoms with Gasteiger partial charge in [0.25, 0.3) is 0 Å². The minimum Gasteiger partial charge on any atom is -0.364 e.